The van der Waals surface area contributed by atoms with Crippen molar-refractivity contribution in [1.82, 2.24) is 10.2 Å². The first-order valence-corrected chi connectivity index (χ1v) is 8.22. The molecule has 0 aromatic heterocycles. The maximum absolute atomic E-state index is 13.9. The van der Waals surface area contributed by atoms with Gasteiger partial charge in [0, 0.05) is 16.1 Å². The van der Waals surface area contributed by atoms with E-state index in [0.717, 1.165) is 22.5 Å². The average molecular weight is 343 g/mol. The Labute approximate surface area is 129 Å². The van der Waals surface area contributed by atoms with Gasteiger partial charge >= 0.3 is 0 Å². The molecule has 2 rings (SSSR count). The molecule has 0 spiro atoms. The molecule has 0 radical (unpaired) electrons. The molecular weight excluding hydrogens is 319 g/mol. The van der Waals surface area contributed by atoms with Gasteiger partial charge in [-0.15, -0.1) is 0 Å². The average Bonchev–Trinajstić information content (AvgIpc) is 2.41. The van der Waals surface area contributed by atoms with E-state index in [2.05, 4.69) is 33.2 Å². The molecule has 1 aromatic carbocycles. The van der Waals surface area contributed by atoms with Crippen molar-refractivity contribution in [2.75, 3.05) is 26.7 Å². The quantitative estimate of drug-likeness (QED) is 0.870. The highest BCUT2D eigenvalue weighted by molar-refractivity contribution is 9.10. The molecule has 0 amide bonds. The smallest absolute Gasteiger partial charge is 0.129 e. The van der Waals surface area contributed by atoms with Crippen LogP contribution >= 0.6 is 15.9 Å². The van der Waals surface area contributed by atoms with Gasteiger partial charge in [0.2, 0.25) is 0 Å². The highest BCUT2D eigenvalue weighted by atomic mass is 79.9. The summed E-state index contributed by atoms with van der Waals surface area (Å²) in [5.41, 5.74) is 0.747. The molecule has 112 valence electrons. The van der Waals surface area contributed by atoms with E-state index in [1.54, 1.807) is 0 Å². The molecule has 2 nitrogen and oxygen atoms in total. The molecule has 1 atom stereocenters. The summed E-state index contributed by atoms with van der Waals surface area (Å²) in [5, 5.41) is 3.45. The van der Waals surface area contributed by atoms with Crippen molar-refractivity contribution in [2.24, 2.45) is 5.92 Å². The van der Waals surface area contributed by atoms with Crippen molar-refractivity contribution < 1.29 is 4.39 Å². The number of likely N-dealkylation sites (tertiary alicyclic amines) is 1. The van der Waals surface area contributed by atoms with Crippen LogP contribution < -0.4 is 5.32 Å². The Morgan fingerprint density at radius 2 is 2.10 bits per heavy atom. The second kappa shape index (κ2) is 7.53. The third-order valence-corrected chi connectivity index (χ3v) is 4.76. The lowest BCUT2D eigenvalue weighted by Gasteiger charge is -2.29. The Morgan fingerprint density at radius 3 is 2.75 bits per heavy atom. The second-order valence-electron chi connectivity index (χ2n) is 5.88. The van der Waals surface area contributed by atoms with Crippen LogP contribution in [0.5, 0.6) is 0 Å². The Balaban J connectivity index is 1.76. The fourth-order valence-electron chi connectivity index (χ4n) is 2.82. The summed E-state index contributed by atoms with van der Waals surface area (Å²) in [5.74, 6) is 0.680. The molecular formula is C16H24BrFN2. The van der Waals surface area contributed by atoms with Crippen LogP contribution in [0.2, 0.25) is 0 Å². The first kappa shape index (κ1) is 15.9. The van der Waals surface area contributed by atoms with E-state index >= 15 is 0 Å². The summed E-state index contributed by atoms with van der Waals surface area (Å²) < 4.78 is 14.6. The monoisotopic (exact) mass is 342 g/mol. The van der Waals surface area contributed by atoms with Crippen LogP contribution in [0.3, 0.4) is 0 Å². The van der Waals surface area contributed by atoms with E-state index in [4.69, 9.17) is 0 Å². The summed E-state index contributed by atoms with van der Waals surface area (Å²) in [4.78, 5) is 2.39. The minimum atomic E-state index is -0.140. The number of halogens is 2. The summed E-state index contributed by atoms with van der Waals surface area (Å²) in [6, 6.07) is 5.35. The standard InChI is InChI=1S/C16H24BrFN2/c1-12(15-4-3-14(17)11-16(15)18)19-8-5-13-6-9-20(2)10-7-13/h3-4,11-13,19H,5-10H2,1-2H3. The van der Waals surface area contributed by atoms with Gasteiger partial charge in [-0.25, -0.2) is 4.39 Å². The molecule has 1 fully saturated rings. The molecule has 0 aliphatic carbocycles. The fourth-order valence-corrected chi connectivity index (χ4v) is 3.15. The van der Waals surface area contributed by atoms with Crippen LogP contribution in [0, 0.1) is 11.7 Å². The van der Waals surface area contributed by atoms with Crippen LogP contribution in [-0.4, -0.2) is 31.6 Å². The first-order chi connectivity index (χ1) is 9.56. The SMILES string of the molecule is CC(NCCC1CCN(C)CC1)c1ccc(Br)cc1F. The minimum Gasteiger partial charge on any atom is -0.310 e. The molecule has 1 aliphatic rings. The number of rotatable bonds is 5. The molecule has 20 heavy (non-hydrogen) atoms. The molecule has 1 aliphatic heterocycles. The lowest BCUT2D eigenvalue weighted by atomic mass is 9.93. The summed E-state index contributed by atoms with van der Waals surface area (Å²) in [6.07, 6.45) is 3.77. The predicted octanol–water partition coefficient (Wildman–Crippen LogP) is 3.97. The van der Waals surface area contributed by atoms with E-state index in [0.29, 0.717) is 0 Å². The fraction of sp³-hybridized carbons (Fsp3) is 0.625. The minimum absolute atomic E-state index is 0.0642. The van der Waals surface area contributed by atoms with Gasteiger partial charge in [0.15, 0.2) is 0 Å². The lowest BCUT2D eigenvalue weighted by Crippen LogP contribution is -2.32. The highest BCUT2D eigenvalue weighted by Gasteiger charge is 2.17. The summed E-state index contributed by atoms with van der Waals surface area (Å²) in [6.45, 7) is 5.41. The van der Waals surface area contributed by atoms with E-state index in [1.165, 1.54) is 38.4 Å². The number of hydrogen-bond donors (Lipinski definition) is 1. The lowest BCUT2D eigenvalue weighted by molar-refractivity contribution is 0.210. The molecule has 1 aromatic rings. The molecule has 1 unspecified atom stereocenters. The number of nitrogens with zero attached hydrogens (tertiary/aromatic N) is 1. The van der Waals surface area contributed by atoms with Crippen molar-refractivity contribution in [1.29, 1.82) is 0 Å². The number of hydrogen-bond acceptors (Lipinski definition) is 2. The van der Waals surface area contributed by atoms with Gasteiger partial charge in [-0.2, -0.15) is 0 Å². The second-order valence-corrected chi connectivity index (χ2v) is 6.79. The van der Waals surface area contributed by atoms with Crippen LogP contribution in [0.25, 0.3) is 0 Å². The topological polar surface area (TPSA) is 15.3 Å². The summed E-state index contributed by atoms with van der Waals surface area (Å²) in [7, 11) is 2.19. The predicted molar refractivity (Wildman–Crippen MR) is 85.4 cm³/mol. The van der Waals surface area contributed by atoms with Crippen molar-refractivity contribution in [2.45, 2.75) is 32.2 Å². The zero-order chi connectivity index (χ0) is 14.5. The summed E-state index contributed by atoms with van der Waals surface area (Å²) >= 11 is 3.29. The largest absolute Gasteiger partial charge is 0.310 e. The van der Waals surface area contributed by atoms with Crippen molar-refractivity contribution in [3.8, 4) is 0 Å². The van der Waals surface area contributed by atoms with Gasteiger partial charge in [0.25, 0.3) is 0 Å². The zero-order valence-electron chi connectivity index (χ0n) is 12.3. The Bertz CT molecular complexity index is 430. The van der Waals surface area contributed by atoms with Crippen molar-refractivity contribution >= 4 is 15.9 Å². The van der Waals surface area contributed by atoms with Gasteiger partial charge < -0.3 is 10.2 Å². The third kappa shape index (κ3) is 4.54. The maximum Gasteiger partial charge on any atom is 0.129 e. The Hall–Kier alpha value is -0.450. The normalized spacial score (nSPS) is 19.2. The van der Waals surface area contributed by atoms with E-state index < -0.39 is 0 Å². The van der Waals surface area contributed by atoms with E-state index in [-0.39, 0.29) is 11.9 Å². The Kier molecular flexibility index (Phi) is 6.00. The number of piperidine rings is 1. The number of benzene rings is 1. The molecule has 4 heteroatoms. The van der Waals surface area contributed by atoms with Gasteiger partial charge in [0.1, 0.15) is 5.82 Å². The van der Waals surface area contributed by atoms with Crippen molar-refractivity contribution in [3.05, 3.63) is 34.1 Å². The maximum atomic E-state index is 13.9. The zero-order valence-corrected chi connectivity index (χ0v) is 13.9. The first-order valence-electron chi connectivity index (χ1n) is 7.43. The molecule has 0 saturated carbocycles. The molecule has 1 N–H and O–H groups in total. The van der Waals surface area contributed by atoms with E-state index in [1.807, 2.05) is 19.1 Å². The molecule has 1 saturated heterocycles. The molecule has 1 heterocycles. The van der Waals surface area contributed by atoms with Crippen LogP contribution in [0.15, 0.2) is 22.7 Å². The van der Waals surface area contributed by atoms with Crippen LogP contribution in [-0.2, 0) is 0 Å². The van der Waals surface area contributed by atoms with Crippen molar-refractivity contribution in [3.63, 3.8) is 0 Å². The Morgan fingerprint density at radius 1 is 1.40 bits per heavy atom. The van der Waals surface area contributed by atoms with Gasteiger partial charge in [-0.05, 0) is 70.9 Å². The third-order valence-electron chi connectivity index (χ3n) is 4.27. The van der Waals surface area contributed by atoms with Gasteiger partial charge in [-0.1, -0.05) is 22.0 Å². The van der Waals surface area contributed by atoms with Crippen LogP contribution in [0.1, 0.15) is 37.8 Å². The van der Waals surface area contributed by atoms with Gasteiger partial charge in [0.05, 0.1) is 0 Å². The van der Waals surface area contributed by atoms with E-state index in [9.17, 15) is 4.39 Å². The number of nitrogens with one attached hydrogen (secondary N) is 1. The van der Waals surface area contributed by atoms with Crippen LogP contribution in [0.4, 0.5) is 4.39 Å². The highest BCUT2D eigenvalue weighted by Crippen LogP contribution is 2.22. The molecule has 0 bridgehead atoms. The van der Waals surface area contributed by atoms with Gasteiger partial charge in [-0.3, -0.25) is 0 Å².